The summed E-state index contributed by atoms with van der Waals surface area (Å²) in [4.78, 5) is 0.148. The molecule has 0 aromatic heterocycles. The van der Waals surface area contributed by atoms with Crippen molar-refractivity contribution in [1.29, 1.82) is 0 Å². The number of ether oxygens (including phenoxy) is 1. The lowest BCUT2D eigenvalue weighted by Crippen LogP contribution is -2.22. The molecule has 1 atom stereocenters. The number of hydrogen-bond donors (Lipinski definition) is 0. The lowest BCUT2D eigenvalue weighted by molar-refractivity contribution is 0.149. The molecule has 28 heavy (non-hydrogen) atoms. The Bertz CT molecular complexity index is 996. The van der Waals surface area contributed by atoms with Crippen molar-refractivity contribution in [2.24, 2.45) is 0 Å². The second-order valence-corrected chi connectivity index (χ2v) is 8.37. The van der Waals surface area contributed by atoms with E-state index >= 15 is 0 Å². The zero-order chi connectivity index (χ0) is 20.0. The maximum absolute atomic E-state index is 12.3. The molecule has 0 fully saturated rings. The van der Waals surface area contributed by atoms with Crippen LogP contribution in [0.25, 0.3) is 0 Å². The van der Waals surface area contributed by atoms with E-state index in [0.717, 1.165) is 17.5 Å². The summed E-state index contributed by atoms with van der Waals surface area (Å²) >= 11 is 0. The monoisotopic (exact) mass is 396 g/mol. The molecule has 0 aliphatic heterocycles. The van der Waals surface area contributed by atoms with Gasteiger partial charge in [-0.05, 0) is 55.7 Å². The molecule has 0 spiro atoms. The molecule has 0 bridgehead atoms. The van der Waals surface area contributed by atoms with Gasteiger partial charge in [0.25, 0.3) is 10.1 Å². The third-order valence-electron chi connectivity index (χ3n) is 4.23. The van der Waals surface area contributed by atoms with Gasteiger partial charge >= 0.3 is 0 Å². The fourth-order valence-corrected chi connectivity index (χ4v) is 3.86. The van der Waals surface area contributed by atoms with Gasteiger partial charge in [-0.25, -0.2) is 0 Å². The smallest absolute Gasteiger partial charge is 0.297 e. The summed E-state index contributed by atoms with van der Waals surface area (Å²) in [5.41, 5.74) is 3.34. The van der Waals surface area contributed by atoms with E-state index in [1.807, 2.05) is 49.4 Å². The first-order chi connectivity index (χ1) is 13.4. The Hall–Kier alpha value is -2.63. The third-order valence-corrected chi connectivity index (χ3v) is 5.67. The van der Waals surface area contributed by atoms with Gasteiger partial charge in [0.15, 0.2) is 0 Å². The minimum atomic E-state index is -3.81. The topological polar surface area (TPSA) is 52.6 Å². The van der Waals surface area contributed by atoms with Crippen LogP contribution in [-0.4, -0.2) is 21.1 Å². The number of rotatable bonds is 8. The molecule has 0 unspecified atom stereocenters. The van der Waals surface area contributed by atoms with E-state index in [9.17, 15) is 8.42 Å². The van der Waals surface area contributed by atoms with Gasteiger partial charge < -0.3 is 4.74 Å². The zero-order valence-electron chi connectivity index (χ0n) is 16.0. The Labute approximate surface area is 166 Å². The predicted molar refractivity (Wildman–Crippen MR) is 110 cm³/mol. The molecule has 0 amide bonds. The average Bonchev–Trinajstić information content (AvgIpc) is 2.67. The van der Waals surface area contributed by atoms with Crippen molar-refractivity contribution in [3.63, 3.8) is 0 Å². The van der Waals surface area contributed by atoms with Gasteiger partial charge in [0.2, 0.25) is 0 Å². The number of aryl methyl sites for hydroxylation is 1. The van der Waals surface area contributed by atoms with Gasteiger partial charge in [-0.1, -0.05) is 60.2 Å². The summed E-state index contributed by atoms with van der Waals surface area (Å²) in [7, 11) is -3.81. The van der Waals surface area contributed by atoms with E-state index < -0.39 is 16.2 Å². The van der Waals surface area contributed by atoms with Crippen LogP contribution in [0.1, 0.15) is 23.6 Å². The first-order valence-electron chi connectivity index (χ1n) is 9.18. The van der Waals surface area contributed by atoms with E-state index in [-0.39, 0.29) is 11.5 Å². The molecule has 0 radical (unpaired) electrons. The van der Waals surface area contributed by atoms with Gasteiger partial charge in [-0.15, -0.1) is 0 Å². The summed E-state index contributed by atoms with van der Waals surface area (Å²) in [6, 6.07) is 24.6. The van der Waals surface area contributed by atoms with Crippen LogP contribution in [0.15, 0.2) is 83.8 Å². The molecule has 3 aromatic rings. The third kappa shape index (κ3) is 5.68. The van der Waals surface area contributed by atoms with E-state index in [0.29, 0.717) is 5.75 Å². The molecule has 0 saturated heterocycles. The van der Waals surface area contributed by atoms with Crippen molar-refractivity contribution in [3.8, 4) is 5.75 Å². The zero-order valence-corrected chi connectivity index (χ0v) is 16.9. The quantitative estimate of drug-likeness (QED) is 0.515. The van der Waals surface area contributed by atoms with Gasteiger partial charge in [0.05, 0.1) is 4.90 Å². The van der Waals surface area contributed by atoms with Crippen molar-refractivity contribution in [3.05, 3.63) is 95.6 Å². The van der Waals surface area contributed by atoms with Crippen molar-refractivity contribution < 1.29 is 17.3 Å². The fraction of sp³-hybridized carbons (Fsp3) is 0.217. The highest BCUT2D eigenvalue weighted by Gasteiger charge is 2.19. The summed E-state index contributed by atoms with van der Waals surface area (Å²) in [5, 5.41) is 0. The Kier molecular flexibility index (Phi) is 6.49. The molecule has 3 rings (SSSR count). The SMILES string of the molecule is Cc1ccc(S(=O)(=O)O[C@@H](C)COc2cccc(Cc3ccccc3)c2)cc1. The van der Waals surface area contributed by atoms with Crippen molar-refractivity contribution in [2.45, 2.75) is 31.3 Å². The molecule has 5 heteroatoms. The van der Waals surface area contributed by atoms with Crippen LogP contribution in [0.5, 0.6) is 5.75 Å². The van der Waals surface area contributed by atoms with Crippen molar-refractivity contribution in [2.75, 3.05) is 6.61 Å². The largest absolute Gasteiger partial charge is 0.491 e. The maximum atomic E-state index is 12.3. The van der Waals surface area contributed by atoms with E-state index in [4.69, 9.17) is 8.92 Å². The summed E-state index contributed by atoms with van der Waals surface area (Å²) in [6.45, 7) is 3.72. The minimum absolute atomic E-state index is 0.139. The highest BCUT2D eigenvalue weighted by molar-refractivity contribution is 7.86. The van der Waals surface area contributed by atoms with Crippen LogP contribution in [0, 0.1) is 6.92 Å². The van der Waals surface area contributed by atoms with Crippen LogP contribution in [0.4, 0.5) is 0 Å². The Morgan fingerprint density at radius 3 is 2.25 bits per heavy atom. The Morgan fingerprint density at radius 2 is 1.54 bits per heavy atom. The second kappa shape index (κ2) is 9.04. The maximum Gasteiger partial charge on any atom is 0.297 e. The molecular weight excluding hydrogens is 372 g/mol. The first-order valence-corrected chi connectivity index (χ1v) is 10.6. The summed E-state index contributed by atoms with van der Waals surface area (Å²) in [5.74, 6) is 0.691. The lowest BCUT2D eigenvalue weighted by atomic mass is 10.1. The second-order valence-electron chi connectivity index (χ2n) is 6.79. The molecule has 0 aliphatic rings. The van der Waals surface area contributed by atoms with E-state index in [1.54, 1.807) is 31.2 Å². The molecule has 0 N–H and O–H groups in total. The van der Waals surface area contributed by atoms with Gasteiger partial charge in [-0.3, -0.25) is 4.18 Å². The summed E-state index contributed by atoms with van der Waals surface area (Å²) in [6.07, 6.45) is 0.204. The van der Waals surface area contributed by atoms with Crippen LogP contribution >= 0.6 is 0 Å². The molecule has 0 heterocycles. The predicted octanol–water partition coefficient (Wildman–Crippen LogP) is 4.76. The van der Waals surface area contributed by atoms with Crippen molar-refractivity contribution in [1.82, 2.24) is 0 Å². The molecule has 0 saturated carbocycles. The number of benzene rings is 3. The highest BCUT2D eigenvalue weighted by Crippen LogP contribution is 2.19. The molecule has 3 aromatic carbocycles. The lowest BCUT2D eigenvalue weighted by Gasteiger charge is -2.15. The standard InChI is InChI=1S/C23H24O4S/c1-18-11-13-23(14-12-18)28(24,25)27-19(2)17-26-22-10-6-9-21(16-22)15-20-7-4-3-5-8-20/h3-14,16,19H,15,17H2,1-2H3/t19-/m0/s1. The van der Waals surface area contributed by atoms with Crippen molar-refractivity contribution >= 4 is 10.1 Å². The number of hydrogen-bond acceptors (Lipinski definition) is 4. The van der Waals surface area contributed by atoms with E-state index in [2.05, 4.69) is 12.1 Å². The molecule has 4 nitrogen and oxygen atoms in total. The average molecular weight is 397 g/mol. The normalized spacial score (nSPS) is 12.5. The fourth-order valence-electron chi connectivity index (χ4n) is 2.79. The Balaban J connectivity index is 1.57. The van der Waals surface area contributed by atoms with Crippen LogP contribution in [0.2, 0.25) is 0 Å². The molecule has 146 valence electrons. The van der Waals surface area contributed by atoms with Crippen LogP contribution in [0.3, 0.4) is 0 Å². The van der Waals surface area contributed by atoms with Crippen LogP contribution < -0.4 is 4.74 Å². The van der Waals surface area contributed by atoms with Gasteiger partial charge in [0, 0.05) is 0 Å². The van der Waals surface area contributed by atoms with Gasteiger partial charge in [-0.2, -0.15) is 8.42 Å². The molecular formula is C23H24O4S. The van der Waals surface area contributed by atoms with Crippen LogP contribution in [-0.2, 0) is 20.7 Å². The van der Waals surface area contributed by atoms with E-state index in [1.165, 1.54) is 5.56 Å². The minimum Gasteiger partial charge on any atom is -0.491 e. The Morgan fingerprint density at radius 1 is 0.857 bits per heavy atom. The molecule has 0 aliphatic carbocycles. The summed E-state index contributed by atoms with van der Waals surface area (Å²) < 4.78 is 35.7. The van der Waals surface area contributed by atoms with Gasteiger partial charge in [0.1, 0.15) is 18.5 Å². The highest BCUT2D eigenvalue weighted by atomic mass is 32.2. The first kappa shape index (κ1) is 20.1.